The van der Waals surface area contributed by atoms with Crippen LogP contribution in [-0.2, 0) is 16.0 Å². The maximum atomic E-state index is 12.4. The molecule has 1 unspecified atom stereocenters. The van der Waals surface area contributed by atoms with Gasteiger partial charge >= 0.3 is 0 Å². The Bertz CT molecular complexity index is 679. The number of rotatable bonds is 5. The fourth-order valence-corrected chi connectivity index (χ4v) is 2.92. The van der Waals surface area contributed by atoms with E-state index < -0.39 is 6.04 Å². The molecule has 1 aromatic carbocycles. The first-order valence-electron chi connectivity index (χ1n) is 7.80. The van der Waals surface area contributed by atoms with Gasteiger partial charge in [0.25, 0.3) is 0 Å². The number of nitrogens with zero attached hydrogens (tertiary/aromatic N) is 2. The van der Waals surface area contributed by atoms with Crippen molar-refractivity contribution in [3.63, 3.8) is 0 Å². The van der Waals surface area contributed by atoms with Crippen LogP contribution in [0.25, 0.3) is 11.0 Å². The first-order chi connectivity index (χ1) is 11.2. The Hall–Kier alpha value is -2.41. The Morgan fingerprint density at radius 3 is 3.00 bits per heavy atom. The number of benzene rings is 1. The lowest BCUT2D eigenvalue weighted by molar-refractivity contribution is -0.143. The highest BCUT2D eigenvalue weighted by molar-refractivity contribution is 5.88. The van der Waals surface area contributed by atoms with Gasteiger partial charge in [0.1, 0.15) is 11.9 Å². The highest BCUT2D eigenvalue weighted by atomic mass is 16.3. The summed E-state index contributed by atoms with van der Waals surface area (Å²) in [4.78, 5) is 33.5. The summed E-state index contributed by atoms with van der Waals surface area (Å²) in [6, 6.07) is 7.14. The summed E-state index contributed by atoms with van der Waals surface area (Å²) < 4.78 is 0. The Morgan fingerprint density at radius 1 is 1.39 bits per heavy atom. The van der Waals surface area contributed by atoms with Crippen LogP contribution in [0.4, 0.5) is 0 Å². The van der Waals surface area contributed by atoms with Crippen LogP contribution in [0.3, 0.4) is 0 Å². The number of piperazine rings is 1. The first kappa shape index (κ1) is 15.5. The molecule has 0 aliphatic carbocycles. The maximum Gasteiger partial charge on any atom is 0.242 e. The van der Waals surface area contributed by atoms with E-state index in [1.54, 1.807) is 4.90 Å². The molecule has 0 spiro atoms. The van der Waals surface area contributed by atoms with Crippen molar-refractivity contribution in [2.45, 2.75) is 25.3 Å². The Morgan fingerprint density at radius 2 is 2.22 bits per heavy atom. The quantitative estimate of drug-likeness (QED) is 0.734. The molecule has 1 aliphatic heterocycles. The fraction of sp³-hybridized carbons (Fsp3) is 0.438. The van der Waals surface area contributed by atoms with Gasteiger partial charge in [-0.1, -0.05) is 12.1 Å². The average Bonchev–Trinajstić information content (AvgIpc) is 2.97. The molecule has 1 aliphatic rings. The minimum atomic E-state index is -0.572. The third kappa shape index (κ3) is 3.34. The number of nitrogens with one attached hydrogen (secondary N) is 2. The second kappa shape index (κ2) is 6.78. The molecule has 0 bridgehead atoms. The lowest BCUT2D eigenvalue weighted by atomic mass is 10.1. The molecule has 122 valence electrons. The van der Waals surface area contributed by atoms with E-state index in [0.717, 1.165) is 16.9 Å². The van der Waals surface area contributed by atoms with Gasteiger partial charge in [-0.2, -0.15) is 0 Å². The molecule has 3 rings (SSSR count). The smallest absolute Gasteiger partial charge is 0.242 e. The minimum Gasteiger partial charge on any atom is -0.396 e. The van der Waals surface area contributed by atoms with E-state index in [0.29, 0.717) is 19.5 Å². The number of carbonyl (C=O) groups excluding carboxylic acids is 2. The predicted octanol–water partition coefficient (Wildman–Crippen LogP) is 0.205. The highest BCUT2D eigenvalue weighted by Crippen LogP contribution is 2.14. The van der Waals surface area contributed by atoms with Gasteiger partial charge in [-0.3, -0.25) is 9.59 Å². The largest absolute Gasteiger partial charge is 0.396 e. The second-order valence-corrected chi connectivity index (χ2v) is 5.61. The van der Waals surface area contributed by atoms with Gasteiger partial charge in [-0.15, -0.1) is 0 Å². The van der Waals surface area contributed by atoms with Gasteiger partial charge in [-0.05, 0) is 18.6 Å². The van der Waals surface area contributed by atoms with Crippen molar-refractivity contribution < 1.29 is 14.7 Å². The SMILES string of the molecule is O=C1NCCN(C(=O)CCc2nc3ccccc3[nH]2)C1CCO. The lowest BCUT2D eigenvalue weighted by Gasteiger charge is -2.34. The Balaban J connectivity index is 1.64. The third-order valence-electron chi connectivity index (χ3n) is 4.07. The number of fused-ring (bicyclic) bond motifs is 1. The van der Waals surface area contributed by atoms with Crippen LogP contribution in [-0.4, -0.2) is 57.5 Å². The van der Waals surface area contributed by atoms with Crippen molar-refractivity contribution in [2.24, 2.45) is 0 Å². The van der Waals surface area contributed by atoms with E-state index in [9.17, 15) is 9.59 Å². The summed E-state index contributed by atoms with van der Waals surface area (Å²) in [5.41, 5.74) is 1.83. The zero-order valence-corrected chi connectivity index (χ0v) is 12.8. The number of hydrogen-bond acceptors (Lipinski definition) is 4. The highest BCUT2D eigenvalue weighted by Gasteiger charge is 2.32. The average molecular weight is 316 g/mol. The van der Waals surface area contributed by atoms with Crippen LogP contribution in [0.2, 0.25) is 0 Å². The number of aryl methyl sites for hydroxylation is 1. The van der Waals surface area contributed by atoms with Crippen molar-refractivity contribution in [1.82, 2.24) is 20.2 Å². The summed E-state index contributed by atoms with van der Waals surface area (Å²) in [6.45, 7) is 0.817. The van der Waals surface area contributed by atoms with Gasteiger partial charge in [-0.25, -0.2) is 4.98 Å². The minimum absolute atomic E-state index is 0.0845. The summed E-state index contributed by atoms with van der Waals surface area (Å²) in [5.74, 6) is 0.487. The van der Waals surface area contributed by atoms with Gasteiger partial charge in [0, 0.05) is 32.5 Å². The van der Waals surface area contributed by atoms with Crippen molar-refractivity contribution in [1.29, 1.82) is 0 Å². The van der Waals surface area contributed by atoms with E-state index >= 15 is 0 Å². The van der Waals surface area contributed by atoms with Gasteiger partial charge in [0.05, 0.1) is 11.0 Å². The molecular formula is C16H20N4O3. The summed E-state index contributed by atoms with van der Waals surface area (Å²) in [7, 11) is 0. The molecule has 3 N–H and O–H groups in total. The van der Waals surface area contributed by atoms with Crippen LogP contribution in [0.15, 0.2) is 24.3 Å². The number of imidazole rings is 1. The normalized spacial score (nSPS) is 18.2. The zero-order chi connectivity index (χ0) is 16.2. The maximum absolute atomic E-state index is 12.4. The van der Waals surface area contributed by atoms with Crippen LogP contribution in [0.5, 0.6) is 0 Å². The summed E-state index contributed by atoms with van der Waals surface area (Å²) in [6.07, 6.45) is 1.05. The Kier molecular flexibility index (Phi) is 4.57. The summed E-state index contributed by atoms with van der Waals surface area (Å²) in [5, 5.41) is 11.8. The molecule has 2 heterocycles. The Labute approximate surface area is 133 Å². The molecular weight excluding hydrogens is 296 g/mol. The molecule has 2 amide bonds. The van der Waals surface area contributed by atoms with Gasteiger partial charge in [0.15, 0.2) is 0 Å². The van der Waals surface area contributed by atoms with Gasteiger partial charge in [0.2, 0.25) is 11.8 Å². The number of para-hydroxylation sites is 2. The molecule has 0 saturated carbocycles. The molecule has 1 atom stereocenters. The molecule has 2 aromatic rings. The second-order valence-electron chi connectivity index (χ2n) is 5.61. The number of amides is 2. The zero-order valence-electron chi connectivity index (χ0n) is 12.8. The topological polar surface area (TPSA) is 98.3 Å². The van der Waals surface area contributed by atoms with E-state index in [1.165, 1.54) is 0 Å². The molecule has 0 radical (unpaired) electrons. The van der Waals surface area contributed by atoms with E-state index in [-0.39, 0.29) is 31.3 Å². The standard InChI is InChI=1S/C16H20N4O3/c21-10-7-13-16(23)17-8-9-20(13)15(22)6-5-14-18-11-3-1-2-4-12(11)19-14/h1-4,13,21H,5-10H2,(H,17,23)(H,18,19). The van der Waals surface area contributed by atoms with Crippen LogP contribution < -0.4 is 5.32 Å². The van der Waals surface area contributed by atoms with Crippen LogP contribution >= 0.6 is 0 Å². The molecule has 7 nitrogen and oxygen atoms in total. The summed E-state index contributed by atoms with van der Waals surface area (Å²) >= 11 is 0. The van der Waals surface area contributed by atoms with Gasteiger partial charge < -0.3 is 20.3 Å². The van der Waals surface area contributed by atoms with Crippen molar-refractivity contribution in [2.75, 3.05) is 19.7 Å². The molecule has 23 heavy (non-hydrogen) atoms. The van der Waals surface area contributed by atoms with E-state index in [4.69, 9.17) is 5.11 Å². The third-order valence-corrected chi connectivity index (χ3v) is 4.07. The van der Waals surface area contributed by atoms with E-state index in [2.05, 4.69) is 15.3 Å². The molecule has 7 heteroatoms. The number of hydrogen-bond donors (Lipinski definition) is 3. The van der Waals surface area contributed by atoms with Crippen molar-refractivity contribution >= 4 is 22.8 Å². The first-order valence-corrected chi connectivity index (χ1v) is 7.80. The number of aromatic nitrogens is 2. The number of carbonyl (C=O) groups is 2. The molecule has 1 fully saturated rings. The number of aliphatic hydroxyl groups excluding tert-OH is 1. The number of H-pyrrole nitrogens is 1. The molecule has 1 saturated heterocycles. The predicted molar refractivity (Wildman–Crippen MR) is 84.6 cm³/mol. The number of aromatic amines is 1. The van der Waals surface area contributed by atoms with Crippen LogP contribution in [0, 0.1) is 0 Å². The fourth-order valence-electron chi connectivity index (χ4n) is 2.92. The lowest BCUT2D eigenvalue weighted by Crippen LogP contribution is -2.57. The van der Waals surface area contributed by atoms with Crippen molar-refractivity contribution in [3.8, 4) is 0 Å². The molecule has 1 aromatic heterocycles. The van der Waals surface area contributed by atoms with Crippen LogP contribution in [0.1, 0.15) is 18.7 Å². The number of aliphatic hydroxyl groups is 1. The van der Waals surface area contributed by atoms with Crippen molar-refractivity contribution in [3.05, 3.63) is 30.1 Å². The monoisotopic (exact) mass is 316 g/mol. The van der Waals surface area contributed by atoms with E-state index in [1.807, 2.05) is 24.3 Å².